The molecule has 4 nitrogen and oxygen atoms in total. The lowest BCUT2D eigenvalue weighted by molar-refractivity contribution is -0.206. The van der Waals surface area contributed by atoms with Gasteiger partial charge in [0.1, 0.15) is 6.61 Å². The monoisotopic (exact) mass is 513 g/mol. The predicted octanol–water partition coefficient (Wildman–Crippen LogP) is 6.91. The normalized spacial score (nSPS) is 48.0. The molecule has 0 bridgehead atoms. The zero-order chi connectivity index (χ0) is 27.1. The molecule has 210 valence electrons. The number of hydrogen-bond donors (Lipinski definition) is 2. The Labute approximate surface area is 226 Å². The zero-order valence-corrected chi connectivity index (χ0v) is 25.1. The van der Waals surface area contributed by atoms with Gasteiger partial charge >= 0.3 is 5.97 Å². The average Bonchev–Trinajstić information content (AvgIpc) is 2.82. The van der Waals surface area contributed by atoms with Gasteiger partial charge in [-0.05, 0) is 116 Å². The number of aliphatic hydroxyl groups excluding tert-OH is 1. The smallest absolute Gasteiger partial charge is 0.312 e. The lowest BCUT2D eigenvalue weighted by Gasteiger charge is -2.71. The molecule has 0 aromatic heterocycles. The largest absolute Gasteiger partial charge is 0.464 e. The minimum Gasteiger partial charge on any atom is -0.464 e. The number of allylic oxidation sites excluding steroid dienone is 2. The van der Waals surface area contributed by atoms with Gasteiger partial charge in [-0.2, -0.15) is 0 Å². The maximum Gasteiger partial charge on any atom is 0.312 e. The molecule has 8 atom stereocenters. The SMILES string of the molecule is CNCCOC(=O)[C@]12CCC(C)(C)C[C@H]1C1=CCC3[C@@]4(C)CC[C@H](O)C(C)(C)C4CC[C@@]3(C)[C@]1(C)CC2. The van der Waals surface area contributed by atoms with E-state index in [9.17, 15) is 9.90 Å². The third-order valence-electron chi connectivity index (χ3n) is 13.6. The molecule has 0 aromatic carbocycles. The molecule has 0 heterocycles. The summed E-state index contributed by atoms with van der Waals surface area (Å²) in [7, 11) is 1.91. The number of rotatable bonds is 4. The summed E-state index contributed by atoms with van der Waals surface area (Å²) in [6.45, 7) is 18.4. The fourth-order valence-corrected chi connectivity index (χ4v) is 11.0. The predicted molar refractivity (Wildman–Crippen MR) is 150 cm³/mol. The lowest BCUT2D eigenvalue weighted by atomic mass is 9.33. The molecule has 4 heteroatoms. The standard InChI is InChI=1S/C33H55NO3/c1-28(2)15-17-33(27(36)37-20-19-34-8)18-16-31(6)22(23(33)21-28)9-10-25-30(5)13-12-26(35)29(3,4)24(30)11-14-32(25,31)7/h9,23-26,34-35H,10-21H2,1-8H3/t23-,24?,25?,26-,30-,31+,32+,33-/m0/s1. The quantitative estimate of drug-likeness (QED) is 0.244. The summed E-state index contributed by atoms with van der Waals surface area (Å²) < 4.78 is 5.96. The Morgan fingerprint density at radius 2 is 1.68 bits per heavy atom. The molecule has 4 fully saturated rings. The van der Waals surface area contributed by atoms with Crippen molar-refractivity contribution in [3.8, 4) is 0 Å². The average molecular weight is 514 g/mol. The zero-order valence-electron chi connectivity index (χ0n) is 25.1. The number of fused-ring (bicyclic) bond motifs is 7. The molecule has 0 aliphatic heterocycles. The second-order valence-electron chi connectivity index (χ2n) is 16.0. The number of carbonyl (C=O) groups excluding carboxylic acids is 1. The van der Waals surface area contributed by atoms with Crippen LogP contribution in [0, 0.1) is 50.2 Å². The van der Waals surface area contributed by atoms with Crippen LogP contribution in [0.2, 0.25) is 0 Å². The number of nitrogens with one attached hydrogen (secondary N) is 1. The molecular weight excluding hydrogens is 458 g/mol. The van der Waals surface area contributed by atoms with Crippen molar-refractivity contribution in [1.82, 2.24) is 5.32 Å². The third-order valence-corrected chi connectivity index (χ3v) is 13.6. The summed E-state index contributed by atoms with van der Waals surface area (Å²) in [5.41, 5.74) is 2.09. The van der Waals surface area contributed by atoms with E-state index in [0.29, 0.717) is 30.9 Å². The van der Waals surface area contributed by atoms with Gasteiger partial charge in [0.2, 0.25) is 0 Å². The van der Waals surface area contributed by atoms with Crippen LogP contribution in [0.3, 0.4) is 0 Å². The van der Waals surface area contributed by atoms with Crippen LogP contribution >= 0.6 is 0 Å². The highest BCUT2D eigenvalue weighted by Gasteiger charge is 2.69. The van der Waals surface area contributed by atoms with Crippen LogP contribution < -0.4 is 5.32 Å². The number of esters is 1. The van der Waals surface area contributed by atoms with Gasteiger partial charge in [0.25, 0.3) is 0 Å². The van der Waals surface area contributed by atoms with E-state index in [1.54, 1.807) is 5.57 Å². The third kappa shape index (κ3) is 3.77. The minimum atomic E-state index is -0.351. The first kappa shape index (κ1) is 27.7. The molecule has 4 saturated carbocycles. The van der Waals surface area contributed by atoms with Gasteiger partial charge in [0.15, 0.2) is 0 Å². The van der Waals surface area contributed by atoms with E-state index in [0.717, 1.165) is 51.4 Å². The van der Waals surface area contributed by atoms with Crippen LogP contribution in [0.15, 0.2) is 11.6 Å². The van der Waals surface area contributed by atoms with Gasteiger partial charge in [-0.1, -0.05) is 60.1 Å². The molecule has 5 rings (SSSR count). The van der Waals surface area contributed by atoms with Crippen molar-refractivity contribution in [2.75, 3.05) is 20.2 Å². The summed E-state index contributed by atoms with van der Waals surface area (Å²) in [6.07, 6.45) is 13.3. The van der Waals surface area contributed by atoms with E-state index in [4.69, 9.17) is 4.74 Å². The fourth-order valence-electron chi connectivity index (χ4n) is 11.0. The molecule has 0 radical (unpaired) electrons. The van der Waals surface area contributed by atoms with Crippen molar-refractivity contribution in [3.05, 3.63) is 11.6 Å². The topological polar surface area (TPSA) is 58.6 Å². The number of carbonyl (C=O) groups is 1. The van der Waals surface area contributed by atoms with E-state index in [1.807, 2.05) is 7.05 Å². The molecule has 5 aliphatic carbocycles. The van der Waals surface area contributed by atoms with Crippen molar-refractivity contribution < 1.29 is 14.6 Å². The van der Waals surface area contributed by atoms with Gasteiger partial charge in [0, 0.05) is 6.54 Å². The van der Waals surface area contributed by atoms with Crippen molar-refractivity contribution in [2.24, 2.45) is 50.2 Å². The van der Waals surface area contributed by atoms with Crippen LogP contribution in [0.25, 0.3) is 0 Å². The van der Waals surface area contributed by atoms with E-state index < -0.39 is 0 Å². The summed E-state index contributed by atoms with van der Waals surface area (Å²) in [5, 5.41) is 14.1. The summed E-state index contributed by atoms with van der Waals surface area (Å²) in [4.78, 5) is 13.8. The van der Waals surface area contributed by atoms with E-state index in [2.05, 4.69) is 59.9 Å². The number of aliphatic hydroxyl groups is 1. The Bertz CT molecular complexity index is 953. The molecule has 0 saturated heterocycles. The second-order valence-corrected chi connectivity index (χ2v) is 16.0. The molecule has 2 N–H and O–H groups in total. The van der Waals surface area contributed by atoms with Crippen molar-refractivity contribution in [1.29, 1.82) is 0 Å². The summed E-state index contributed by atoms with van der Waals surface area (Å²) >= 11 is 0. The molecular formula is C33H55NO3. The molecule has 0 aromatic rings. The minimum absolute atomic E-state index is 0.0224. The van der Waals surface area contributed by atoms with E-state index in [1.165, 1.54) is 12.8 Å². The number of hydrogen-bond acceptors (Lipinski definition) is 4. The first-order chi connectivity index (χ1) is 17.2. The highest BCUT2D eigenvalue weighted by molar-refractivity contribution is 5.78. The molecule has 0 spiro atoms. The van der Waals surface area contributed by atoms with Gasteiger partial charge in [-0.15, -0.1) is 0 Å². The van der Waals surface area contributed by atoms with Crippen molar-refractivity contribution in [2.45, 2.75) is 119 Å². The number of ether oxygens (including phenoxy) is 1. The first-order valence-electron chi connectivity index (χ1n) is 15.4. The molecule has 5 aliphatic rings. The van der Waals surface area contributed by atoms with Crippen molar-refractivity contribution >= 4 is 5.97 Å². The Balaban J connectivity index is 1.54. The van der Waals surface area contributed by atoms with Crippen molar-refractivity contribution in [3.63, 3.8) is 0 Å². The summed E-state index contributed by atoms with van der Waals surface area (Å²) in [5.74, 6) is 1.56. The fraction of sp³-hybridized carbons (Fsp3) is 0.909. The van der Waals surface area contributed by atoms with Crippen LogP contribution in [0.1, 0.15) is 113 Å². The highest BCUT2D eigenvalue weighted by Crippen LogP contribution is 2.75. The summed E-state index contributed by atoms with van der Waals surface area (Å²) in [6, 6.07) is 0. The van der Waals surface area contributed by atoms with Gasteiger partial charge in [0.05, 0.1) is 11.5 Å². The van der Waals surface area contributed by atoms with Gasteiger partial charge in [-0.3, -0.25) is 4.79 Å². The molecule has 0 amide bonds. The van der Waals surface area contributed by atoms with E-state index >= 15 is 0 Å². The van der Waals surface area contributed by atoms with Gasteiger partial charge in [-0.25, -0.2) is 0 Å². The second kappa shape index (κ2) is 8.82. The Hall–Kier alpha value is -0.870. The van der Waals surface area contributed by atoms with Crippen LogP contribution in [0.5, 0.6) is 0 Å². The highest BCUT2D eigenvalue weighted by atomic mass is 16.5. The van der Waals surface area contributed by atoms with Crippen LogP contribution in [0.4, 0.5) is 0 Å². The number of likely N-dealkylation sites (N-methyl/N-ethyl adjacent to an activating group) is 1. The Kier molecular flexibility index (Phi) is 6.60. The maximum atomic E-state index is 13.8. The first-order valence-corrected chi connectivity index (χ1v) is 15.4. The maximum absolute atomic E-state index is 13.8. The van der Waals surface area contributed by atoms with E-state index in [-0.39, 0.29) is 44.6 Å². The van der Waals surface area contributed by atoms with Crippen LogP contribution in [-0.4, -0.2) is 37.4 Å². The Morgan fingerprint density at radius 1 is 0.973 bits per heavy atom. The van der Waals surface area contributed by atoms with Gasteiger partial charge < -0.3 is 15.2 Å². The molecule has 37 heavy (non-hydrogen) atoms. The van der Waals surface area contributed by atoms with Crippen LogP contribution in [-0.2, 0) is 9.53 Å². The Morgan fingerprint density at radius 3 is 2.38 bits per heavy atom. The molecule has 2 unspecified atom stereocenters. The lowest BCUT2D eigenvalue weighted by Crippen LogP contribution is -2.65.